The average Bonchev–Trinajstić information content (AvgIpc) is 2.67. The van der Waals surface area contributed by atoms with Crippen LogP contribution in [0.3, 0.4) is 0 Å². The SMILES string of the molecule is COc1cccc(-c2ccc(-c3ccccc3)cc2)c1C=CC(=O)O. The topological polar surface area (TPSA) is 46.5 Å². The van der Waals surface area contributed by atoms with Crippen LogP contribution < -0.4 is 4.74 Å². The number of carboxylic acid groups (broad SMARTS) is 1. The molecule has 0 aliphatic heterocycles. The lowest BCUT2D eigenvalue weighted by Crippen LogP contribution is -1.92. The van der Waals surface area contributed by atoms with Gasteiger partial charge in [0.25, 0.3) is 0 Å². The third kappa shape index (κ3) is 3.78. The Kier molecular flexibility index (Phi) is 4.95. The molecule has 124 valence electrons. The number of hydrogen-bond acceptors (Lipinski definition) is 2. The molecule has 0 aromatic heterocycles. The van der Waals surface area contributed by atoms with E-state index in [1.807, 2.05) is 48.5 Å². The minimum absolute atomic E-state index is 0.641. The molecule has 0 aliphatic rings. The summed E-state index contributed by atoms with van der Waals surface area (Å²) >= 11 is 0. The fraction of sp³-hybridized carbons (Fsp3) is 0.0455. The van der Waals surface area contributed by atoms with E-state index in [1.54, 1.807) is 13.2 Å². The van der Waals surface area contributed by atoms with E-state index in [-0.39, 0.29) is 0 Å². The summed E-state index contributed by atoms with van der Waals surface area (Å²) in [6.07, 6.45) is 2.70. The van der Waals surface area contributed by atoms with E-state index in [4.69, 9.17) is 9.84 Å². The van der Waals surface area contributed by atoms with Crippen LogP contribution in [0.5, 0.6) is 5.75 Å². The first kappa shape index (κ1) is 16.5. The van der Waals surface area contributed by atoms with Gasteiger partial charge in [0.1, 0.15) is 5.75 Å². The highest BCUT2D eigenvalue weighted by Gasteiger charge is 2.09. The summed E-state index contributed by atoms with van der Waals surface area (Å²) in [5.74, 6) is -0.349. The number of ether oxygens (including phenoxy) is 1. The van der Waals surface area contributed by atoms with Crippen molar-refractivity contribution in [3.05, 3.63) is 84.4 Å². The number of carbonyl (C=O) groups is 1. The van der Waals surface area contributed by atoms with Gasteiger partial charge in [-0.15, -0.1) is 0 Å². The highest BCUT2D eigenvalue weighted by Crippen LogP contribution is 2.33. The molecule has 0 saturated carbocycles. The van der Waals surface area contributed by atoms with Crippen molar-refractivity contribution in [2.45, 2.75) is 0 Å². The molecule has 0 aliphatic carbocycles. The zero-order chi connectivity index (χ0) is 17.6. The molecule has 25 heavy (non-hydrogen) atoms. The largest absolute Gasteiger partial charge is 0.496 e. The van der Waals surface area contributed by atoms with E-state index in [1.165, 1.54) is 0 Å². The lowest BCUT2D eigenvalue weighted by atomic mass is 9.96. The predicted octanol–water partition coefficient (Wildman–Crippen LogP) is 5.13. The Bertz CT molecular complexity index is 894. The highest BCUT2D eigenvalue weighted by molar-refractivity contribution is 5.89. The molecule has 0 heterocycles. The van der Waals surface area contributed by atoms with Crippen molar-refractivity contribution in [3.63, 3.8) is 0 Å². The maximum atomic E-state index is 10.9. The van der Waals surface area contributed by atoms with E-state index in [2.05, 4.69) is 24.3 Å². The fourth-order valence-corrected chi connectivity index (χ4v) is 2.77. The standard InChI is InChI=1S/C22H18O3/c1-25-21-9-5-8-19(20(21)14-15-22(23)24)18-12-10-17(11-13-18)16-6-3-2-4-7-16/h2-15H,1H3,(H,23,24). The molecule has 3 aromatic carbocycles. The fourth-order valence-electron chi connectivity index (χ4n) is 2.77. The Morgan fingerprint density at radius 1 is 0.840 bits per heavy atom. The molecular weight excluding hydrogens is 312 g/mol. The van der Waals surface area contributed by atoms with Gasteiger partial charge in [-0.25, -0.2) is 4.79 Å². The van der Waals surface area contributed by atoms with Gasteiger partial charge >= 0.3 is 5.97 Å². The second kappa shape index (κ2) is 7.49. The van der Waals surface area contributed by atoms with Crippen molar-refractivity contribution in [2.24, 2.45) is 0 Å². The molecule has 1 N–H and O–H groups in total. The van der Waals surface area contributed by atoms with Crippen LogP contribution in [0.25, 0.3) is 28.3 Å². The van der Waals surface area contributed by atoms with Crippen LogP contribution in [-0.4, -0.2) is 18.2 Å². The lowest BCUT2D eigenvalue weighted by Gasteiger charge is -2.12. The summed E-state index contributed by atoms with van der Waals surface area (Å²) in [4.78, 5) is 10.9. The van der Waals surface area contributed by atoms with Crippen molar-refractivity contribution in [1.82, 2.24) is 0 Å². The van der Waals surface area contributed by atoms with Gasteiger partial charge < -0.3 is 9.84 Å². The number of carboxylic acids is 1. The molecule has 0 unspecified atom stereocenters. The first-order valence-corrected chi connectivity index (χ1v) is 7.93. The van der Waals surface area contributed by atoms with E-state index < -0.39 is 5.97 Å². The van der Waals surface area contributed by atoms with Crippen molar-refractivity contribution in [1.29, 1.82) is 0 Å². The lowest BCUT2D eigenvalue weighted by molar-refractivity contribution is -0.131. The van der Waals surface area contributed by atoms with E-state index in [9.17, 15) is 4.79 Å². The normalized spacial score (nSPS) is 10.8. The number of benzene rings is 3. The smallest absolute Gasteiger partial charge is 0.328 e. The van der Waals surface area contributed by atoms with Crippen molar-refractivity contribution in [3.8, 4) is 28.0 Å². The van der Waals surface area contributed by atoms with Crippen LogP contribution in [0.1, 0.15) is 5.56 Å². The van der Waals surface area contributed by atoms with Crippen LogP contribution in [0, 0.1) is 0 Å². The van der Waals surface area contributed by atoms with Crippen LogP contribution >= 0.6 is 0 Å². The van der Waals surface area contributed by atoms with Gasteiger partial charge in [-0.1, -0.05) is 66.7 Å². The van der Waals surface area contributed by atoms with Crippen LogP contribution in [-0.2, 0) is 4.79 Å². The number of hydrogen-bond donors (Lipinski definition) is 1. The minimum atomic E-state index is -0.990. The molecule has 0 fully saturated rings. The Morgan fingerprint density at radius 3 is 2.12 bits per heavy atom. The van der Waals surface area contributed by atoms with Gasteiger partial charge in [0, 0.05) is 11.6 Å². The van der Waals surface area contributed by atoms with Crippen LogP contribution in [0.4, 0.5) is 0 Å². The molecule has 3 aromatic rings. The second-order valence-corrected chi connectivity index (χ2v) is 5.54. The number of aliphatic carboxylic acids is 1. The van der Waals surface area contributed by atoms with Gasteiger partial charge in [-0.2, -0.15) is 0 Å². The molecule has 0 saturated heterocycles. The summed E-state index contributed by atoms with van der Waals surface area (Å²) in [7, 11) is 1.58. The van der Waals surface area contributed by atoms with Crippen LogP contribution in [0.15, 0.2) is 78.9 Å². The van der Waals surface area contributed by atoms with Crippen molar-refractivity contribution in [2.75, 3.05) is 7.11 Å². The molecule has 3 rings (SSSR count). The summed E-state index contributed by atoms with van der Waals surface area (Å²) in [5, 5.41) is 8.93. The Balaban J connectivity index is 2.03. The Labute approximate surface area is 146 Å². The average molecular weight is 330 g/mol. The van der Waals surface area contributed by atoms with E-state index >= 15 is 0 Å². The molecule has 0 atom stereocenters. The van der Waals surface area contributed by atoms with Crippen molar-refractivity contribution >= 4 is 12.0 Å². The number of methoxy groups -OCH3 is 1. The van der Waals surface area contributed by atoms with E-state index in [0.29, 0.717) is 5.75 Å². The summed E-state index contributed by atoms with van der Waals surface area (Å²) in [5.41, 5.74) is 4.97. The van der Waals surface area contributed by atoms with Gasteiger partial charge in [0.2, 0.25) is 0 Å². The third-order valence-corrected chi connectivity index (χ3v) is 3.98. The molecule has 3 heteroatoms. The van der Waals surface area contributed by atoms with Gasteiger partial charge in [0.15, 0.2) is 0 Å². The maximum absolute atomic E-state index is 10.9. The highest BCUT2D eigenvalue weighted by atomic mass is 16.5. The molecule has 0 amide bonds. The summed E-state index contributed by atoms with van der Waals surface area (Å²) in [6, 6.07) is 24.1. The second-order valence-electron chi connectivity index (χ2n) is 5.54. The predicted molar refractivity (Wildman–Crippen MR) is 101 cm³/mol. The monoisotopic (exact) mass is 330 g/mol. The van der Waals surface area contributed by atoms with Gasteiger partial charge in [-0.05, 0) is 34.4 Å². The van der Waals surface area contributed by atoms with Gasteiger partial charge in [-0.3, -0.25) is 0 Å². The molecule has 0 radical (unpaired) electrons. The first-order chi connectivity index (χ1) is 12.2. The maximum Gasteiger partial charge on any atom is 0.328 e. The zero-order valence-electron chi connectivity index (χ0n) is 13.8. The third-order valence-electron chi connectivity index (χ3n) is 3.98. The molecular formula is C22H18O3. The summed E-state index contributed by atoms with van der Waals surface area (Å²) < 4.78 is 5.39. The zero-order valence-corrected chi connectivity index (χ0v) is 13.8. The first-order valence-electron chi connectivity index (χ1n) is 7.93. The molecule has 3 nitrogen and oxygen atoms in total. The minimum Gasteiger partial charge on any atom is -0.496 e. The Morgan fingerprint density at radius 2 is 1.48 bits per heavy atom. The van der Waals surface area contributed by atoms with Crippen molar-refractivity contribution < 1.29 is 14.6 Å². The molecule has 0 bridgehead atoms. The summed E-state index contributed by atoms with van der Waals surface area (Å²) in [6.45, 7) is 0. The van der Waals surface area contributed by atoms with Crippen LogP contribution in [0.2, 0.25) is 0 Å². The Hall–Kier alpha value is -3.33. The van der Waals surface area contributed by atoms with E-state index in [0.717, 1.165) is 33.9 Å². The van der Waals surface area contributed by atoms with Gasteiger partial charge in [0.05, 0.1) is 7.11 Å². The number of rotatable bonds is 5. The quantitative estimate of drug-likeness (QED) is 0.660. The molecule has 0 spiro atoms.